The third-order valence-corrected chi connectivity index (χ3v) is 1.39. The predicted octanol–water partition coefficient (Wildman–Crippen LogP) is 1.74. The molecular weight excluding hydrogens is 166 g/mol. The number of hydrogen-bond acceptors (Lipinski definition) is 3. The van der Waals surface area contributed by atoms with Crippen LogP contribution in [0, 0.1) is 11.3 Å². The fourth-order valence-corrected chi connectivity index (χ4v) is 0.695. The molecule has 0 unspecified atom stereocenters. The summed E-state index contributed by atoms with van der Waals surface area (Å²) >= 11 is 0. The number of nitriles is 1. The molecule has 0 heterocycles. The second-order valence-electron chi connectivity index (χ2n) is 2.38. The molecule has 0 aromatic carbocycles. The lowest BCUT2D eigenvalue weighted by Gasteiger charge is -2.04. The molecule has 0 aromatic heterocycles. The van der Waals surface area contributed by atoms with E-state index in [-0.39, 0.29) is 22.7 Å². The van der Waals surface area contributed by atoms with Crippen molar-refractivity contribution < 1.29 is 9.53 Å². The zero-order valence-corrected chi connectivity index (χ0v) is 7.76. The number of rotatable bonds is 4. The van der Waals surface area contributed by atoms with Gasteiger partial charge in [0.2, 0.25) is 0 Å². The summed E-state index contributed by atoms with van der Waals surface area (Å²) in [7, 11) is 1.41. The van der Waals surface area contributed by atoms with Gasteiger partial charge < -0.3 is 4.74 Å². The Labute approximate surface area is 77.6 Å². The Morgan fingerprint density at radius 3 is 2.38 bits per heavy atom. The summed E-state index contributed by atoms with van der Waals surface area (Å²) in [5.74, 6) is 0.0344. The van der Waals surface area contributed by atoms with Gasteiger partial charge >= 0.3 is 0 Å². The van der Waals surface area contributed by atoms with Gasteiger partial charge in [0.05, 0.1) is 18.8 Å². The number of carbonyl (C=O) groups is 1. The van der Waals surface area contributed by atoms with E-state index in [0.717, 1.165) is 0 Å². The maximum atomic E-state index is 11.0. The van der Waals surface area contributed by atoms with Crippen molar-refractivity contribution in [1.29, 1.82) is 5.26 Å². The Hall–Kier alpha value is -1.82. The third-order valence-electron chi connectivity index (χ3n) is 1.39. The van der Waals surface area contributed by atoms with Gasteiger partial charge in [0.25, 0.3) is 0 Å². The zero-order valence-electron chi connectivity index (χ0n) is 7.76. The van der Waals surface area contributed by atoms with Crippen LogP contribution in [0.1, 0.15) is 6.92 Å². The van der Waals surface area contributed by atoms with Crippen molar-refractivity contribution >= 4 is 5.78 Å². The fourth-order valence-electron chi connectivity index (χ4n) is 0.695. The normalized spacial score (nSPS) is 10.1. The molecule has 0 aliphatic heterocycles. The quantitative estimate of drug-likeness (QED) is 0.284. The number of nitrogens with zero attached hydrogens (tertiary/aromatic N) is 1. The van der Waals surface area contributed by atoms with Gasteiger partial charge in [-0.15, -0.1) is 0 Å². The van der Waals surface area contributed by atoms with Crippen LogP contribution in [0.15, 0.2) is 36.1 Å². The summed E-state index contributed by atoms with van der Waals surface area (Å²) in [5, 5.41) is 8.44. The van der Waals surface area contributed by atoms with Crippen LogP contribution in [0.2, 0.25) is 0 Å². The van der Waals surface area contributed by atoms with Gasteiger partial charge in [-0.3, -0.25) is 4.79 Å². The number of carbonyl (C=O) groups excluding carboxylic acids is 1. The lowest BCUT2D eigenvalue weighted by atomic mass is 10.1. The van der Waals surface area contributed by atoms with Crippen molar-refractivity contribution in [2.24, 2.45) is 0 Å². The first-order valence-electron chi connectivity index (χ1n) is 3.57. The van der Waals surface area contributed by atoms with Crippen LogP contribution in [0.25, 0.3) is 0 Å². The summed E-state index contributed by atoms with van der Waals surface area (Å²) in [4.78, 5) is 11.0. The minimum atomic E-state index is -0.205. The van der Waals surface area contributed by atoms with Crippen LogP contribution in [0.5, 0.6) is 0 Å². The van der Waals surface area contributed by atoms with Crippen molar-refractivity contribution in [2.75, 3.05) is 7.11 Å². The molecule has 0 radical (unpaired) electrons. The van der Waals surface area contributed by atoms with Crippen molar-refractivity contribution in [3.05, 3.63) is 36.1 Å². The molecule has 0 saturated carbocycles. The monoisotopic (exact) mass is 177 g/mol. The molecule has 0 aliphatic rings. The average Bonchev–Trinajstić information content (AvgIpc) is 2.11. The second-order valence-corrected chi connectivity index (χ2v) is 2.38. The SMILES string of the molecule is C=C(C#N)/C=C(\C(=C)OC)C(C)=O. The van der Waals surface area contributed by atoms with Crippen LogP contribution in [-0.2, 0) is 9.53 Å². The molecule has 13 heavy (non-hydrogen) atoms. The van der Waals surface area contributed by atoms with Crippen LogP contribution < -0.4 is 0 Å². The van der Waals surface area contributed by atoms with E-state index >= 15 is 0 Å². The summed E-state index contributed by atoms with van der Waals surface area (Å²) in [6.07, 6.45) is 1.36. The third kappa shape index (κ3) is 3.39. The molecule has 0 rings (SSSR count). The fraction of sp³-hybridized carbons (Fsp3) is 0.200. The molecule has 68 valence electrons. The highest BCUT2D eigenvalue weighted by atomic mass is 16.5. The number of methoxy groups -OCH3 is 1. The number of allylic oxidation sites excluding steroid dienone is 3. The molecule has 0 aliphatic carbocycles. The highest BCUT2D eigenvalue weighted by Crippen LogP contribution is 2.11. The molecule has 0 saturated heterocycles. The molecule has 0 fully saturated rings. The van der Waals surface area contributed by atoms with Gasteiger partial charge in [-0.2, -0.15) is 5.26 Å². The van der Waals surface area contributed by atoms with E-state index in [4.69, 9.17) is 10.00 Å². The van der Waals surface area contributed by atoms with E-state index in [1.54, 1.807) is 0 Å². The Balaban J connectivity index is 4.95. The number of ketones is 1. The van der Waals surface area contributed by atoms with Crippen LogP contribution in [0.3, 0.4) is 0 Å². The van der Waals surface area contributed by atoms with Gasteiger partial charge in [-0.1, -0.05) is 13.2 Å². The van der Waals surface area contributed by atoms with Gasteiger partial charge in [0.1, 0.15) is 5.76 Å². The smallest absolute Gasteiger partial charge is 0.163 e. The lowest BCUT2D eigenvalue weighted by Crippen LogP contribution is -2.01. The zero-order chi connectivity index (χ0) is 10.4. The van der Waals surface area contributed by atoms with E-state index in [9.17, 15) is 4.79 Å². The van der Waals surface area contributed by atoms with Crippen molar-refractivity contribution in [3.8, 4) is 6.07 Å². The first-order valence-corrected chi connectivity index (χ1v) is 3.57. The van der Waals surface area contributed by atoms with Crippen molar-refractivity contribution in [2.45, 2.75) is 6.92 Å². The van der Waals surface area contributed by atoms with Gasteiger partial charge in [0, 0.05) is 5.57 Å². The summed E-state index contributed by atoms with van der Waals surface area (Å²) < 4.78 is 4.78. The highest BCUT2D eigenvalue weighted by molar-refractivity contribution is 5.97. The number of ether oxygens (including phenoxy) is 1. The molecule has 0 bridgehead atoms. The van der Waals surface area contributed by atoms with Crippen LogP contribution >= 0.6 is 0 Å². The molecule has 3 nitrogen and oxygen atoms in total. The van der Waals surface area contributed by atoms with E-state index in [1.807, 2.05) is 6.07 Å². The summed E-state index contributed by atoms with van der Waals surface area (Å²) in [5.41, 5.74) is 0.470. The van der Waals surface area contributed by atoms with Crippen LogP contribution in [-0.4, -0.2) is 12.9 Å². The molecular formula is C10H11NO2. The number of hydrogen-bond donors (Lipinski definition) is 0. The predicted molar refractivity (Wildman–Crippen MR) is 49.7 cm³/mol. The maximum Gasteiger partial charge on any atom is 0.163 e. The number of Topliss-reactive ketones (excluding diaryl/α,β-unsaturated/α-hetero) is 1. The standard InChI is InChI=1S/C10H11NO2/c1-7(6-11)5-10(8(2)12)9(3)13-4/h5H,1,3H2,2,4H3/b10-5-. The first-order chi connectivity index (χ1) is 6.02. The second kappa shape index (κ2) is 4.94. The first kappa shape index (κ1) is 11.2. The Morgan fingerprint density at radius 1 is 1.54 bits per heavy atom. The highest BCUT2D eigenvalue weighted by Gasteiger charge is 2.08. The van der Waals surface area contributed by atoms with E-state index in [2.05, 4.69) is 13.2 Å². The Kier molecular flexibility index (Phi) is 4.25. The largest absolute Gasteiger partial charge is 0.497 e. The lowest BCUT2D eigenvalue weighted by molar-refractivity contribution is -0.113. The van der Waals surface area contributed by atoms with Crippen molar-refractivity contribution in [1.82, 2.24) is 0 Å². The van der Waals surface area contributed by atoms with Gasteiger partial charge in [0.15, 0.2) is 5.78 Å². The topological polar surface area (TPSA) is 50.1 Å². The molecule has 0 spiro atoms. The Bertz CT molecular complexity index is 318. The van der Waals surface area contributed by atoms with Crippen molar-refractivity contribution in [3.63, 3.8) is 0 Å². The average molecular weight is 177 g/mol. The molecule has 0 amide bonds. The maximum absolute atomic E-state index is 11.0. The van der Waals surface area contributed by atoms with E-state index < -0.39 is 0 Å². The minimum Gasteiger partial charge on any atom is -0.497 e. The molecule has 3 heteroatoms. The molecule has 0 atom stereocenters. The Morgan fingerprint density at radius 2 is 2.08 bits per heavy atom. The van der Waals surface area contributed by atoms with Gasteiger partial charge in [-0.05, 0) is 13.0 Å². The molecule has 0 aromatic rings. The van der Waals surface area contributed by atoms with E-state index in [0.29, 0.717) is 0 Å². The van der Waals surface area contributed by atoms with Crippen LogP contribution in [0.4, 0.5) is 0 Å². The summed E-state index contributed by atoms with van der Waals surface area (Å²) in [6, 6.07) is 1.81. The van der Waals surface area contributed by atoms with E-state index in [1.165, 1.54) is 20.1 Å². The summed E-state index contributed by atoms with van der Waals surface area (Å²) in [6.45, 7) is 8.32. The molecule has 0 N–H and O–H groups in total. The minimum absolute atomic E-state index is 0.198. The van der Waals surface area contributed by atoms with Gasteiger partial charge in [-0.25, -0.2) is 0 Å².